The average Bonchev–Trinajstić information content (AvgIpc) is 2.84. The van der Waals surface area contributed by atoms with Gasteiger partial charge in [0.05, 0.1) is 12.2 Å². The molecule has 1 aromatic heterocycles. The van der Waals surface area contributed by atoms with Gasteiger partial charge in [0.15, 0.2) is 0 Å². The highest BCUT2D eigenvalue weighted by molar-refractivity contribution is 5.85. The number of carbonyl (C=O) groups excluding carboxylic acids is 1. The number of piperidine rings is 1. The number of halogens is 1. The molecule has 1 saturated heterocycles. The van der Waals surface area contributed by atoms with Gasteiger partial charge in [-0.1, -0.05) is 0 Å². The Labute approximate surface area is 126 Å². The van der Waals surface area contributed by atoms with Gasteiger partial charge in [-0.15, -0.1) is 12.4 Å². The van der Waals surface area contributed by atoms with Crippen molar-refractivity contribution >= 4 is 18.3 Å². The third-order valence-corrected chi connectivity index (χ3v) is 3.84. The average molecular weight is 301 g/mol. The third-order valence-electron chi connectivity index (χ3n) is 3.84. The van der Waals surface area contributed by atoms with E-state index in [1.54, 1.807) is 10.9 Å². The molecule has 0 aromatic carbocycles. The zero-order chi connectivity index (χ0) is 13.7. The Morgan fingerprint density at radius 1 is 1.55 bits per heavy atom. The first-order valence-electron chi connectivity index (χ1n) is 7.14. The molecule has 1 amide bonds. The largest absolute Gasteiger partial charge is 0.349 e. The lowest BCUT2D eigenvalue weighted by atomic mass is 9.93. The van der Waals surface area contributed by atoms with Crippen molar-refractivity contribution in [2.45, 2.75) is 38.6 Å². The van der Waals surface area contributed by atoms with Gasteiger partial charge in [0.2, 0.25) is 5.91 Å². The Bertz CT molecular complexity index is 415. The van der Waals surface area contributed by atoms with Crippen LogP contribution in [0.2, 0.25) is 0 Å². The maximum Gasteiger partial charge on any atom is 0.220 e. The van der Waals surface area contributed by atoms with Crippen LogP contribution < -0.4 is 10.6 Å². The van der Waals surface area contributed by atoms with E-state index in [0.717, 1.165) is 25.1 Å². The summed E-state index contributed by atoms with van der Waals surface area (Å²) in [5.74, 6) is 0.857. The minimum Gasteiger partial charge on any atom is -0.349 e. The zero-order valence-corrected chi connectivity index (χ0v) is 13.1. The molecular weight excluding hydrogens is 276 g/mol. The lowest BCUT2D eigenvalue weighted by molar-refractivity contribution is -0.122. The molecule has 1 fully saturated rings. The van der Waals surface area contributed by atoms with Crippen molar-refractivity contribution in [3.05, 3.63) is 18.0 Å². The number of hydrogen-bond donors (Lipinski definition) is 2. The maximum absolute atomic E-state index is 11.9. The van der Waals surface area contributed by atoms with Crippen LogP contribution in [0.1, 0.15) is 44.2 Å². The number of nitrogens with one attached hydrogen (secondary N) is 2. The van der Waals surface area contributed by atoms with Crippen LogP contribution >= 0.6 is 12.4 Å². The van der Waals surface area contributed by atoms with E-state index in [1.165, 1.54) is 12.8 Å². The van der Waals surface area contributed by atoms with Crippen LogP contribution in [0.3, 0.4) is 0 Å². The van der Waals surface area contributed by atoms with Gasteiger partial charge in [-0.3, -0.25) is 9.48 Å². The van der Waals surface area contributed by atoms with Gasteiger partial charge in [-0.25, -0.2) is 0 Å². The van der Waals surface area contributed by atoms with Crippen molar-refractivity contribution in [3.8, 4) is 0 Å². The second-order valence-corrected chi connectivity index (χ2v) is 5.47. The van der Waals surface area contributed by atoms with Gasteiger partial charge in [0.1, 0.15) is 0 Å². The summed E-state index contributed by atoms with van der Waals surface area (Å²) in [7, 11) is 1.88. The van der Waals surface area contributed by atoms with Crippen molar-refractivity contribution in [2.24, 2.45) is 13.0 Å². The fraction of sp³-hybridized carbons (Fsp3) is 0.714. The maximum atomic E-state index is 11.9. The van der Waals surface area contributed by atoms with E-state index in [2.05, 4.69) is 15.7 Å². The Kier molecular flexibility index (Phi) is 7.02. The summed E-state index contributed by atoms with van der Waals surface area (Å²) in [6.07, 6.45) is 7.79. The molecule has 20 heavy (non-hydrogen) atoms. The standard InChI is InChI=1S/C14H24N4O.ClH/c1-11(13-9-16-18(2)10-13)17-14(19)4-3-12-5-7-15-8-6-12;/h9-12,15H,3-8H2,1-2H3,(H,17,19);1H. The first kappa shape index (κ1) is 17.0. The van der Waals surface area contributed by atoms with Crippen molar-refractivity contribution < 1.29 is 4.79 Å². The SMILES string of the molecule is CC(NC(=O)CCC1CCNCC1)c1cnn(C)c1.Cl. The molecule has 0 aliphatic carbocycles. The van der Waals surface area contributed by atoms with Crippen LogP contribution in [0.4, 0.5) is 0 Å². The Morgan fingerprint density at radius 3 is 2.85 bits per heavy atom. The summed E-state index contributed by atoms with van der Waals surface area (Å²) in [6.45, 7) is 4.19. The molecule has 1 unspecified atom stereocenters. The summed E-state index contributed by atoms with van der Waals surface area (Å²) in [6, 6.07) is 0.0363. The molecule has 2 N–H and O–H groups in total. The predicted octanol–water partition coefficient (Wildman–Crippen LogP) is 1.80. The molecule has 5 nitrogen and oxygen atoms in total. The van der Waals surface area contributed by atoms with Gasteiger partial charge in [-0.2, -0.15) is 5.10 Å². The van der Waals surface area contributed by atoms with Gasteiger partial charge in [0, 0.05) is 25.2 Å². The molecule has 1 atom stereocenters. The first-order valence-corrected chi connectivity index (χ1v) is 7.14. The van der Waals surface area contributed by atoms with Crippen molar-refractivity contribution in [1.29, 1.82) is 0 Å². The molecule has 2 heterocycles. The predicted molar refractivity (Wildman–Crippen MR) is 81.8 cm³/mol. The minimum atomic E-state index is 0. The quantitative estimate of drug-likeness (QED) is 0.872. The number of hydrogen-bond acceptors (Lipinski definition) is 3. The Balaban J connectivity index is 0.00000200. The highest BCUT2D eigenvalue weighted by atomic mass is 35.5. The summed E-state index contributed by atoms with van der Waals surface area (Å²) in [4.78, 5) is 11.9. The first-order chi connectivity index (χ1) is 9.15. The lowest BCUT2D eigenvalue weighted by Crippen LogP contribution is -2.30. The van der Waals surface area contributed by atoms with Crippen LogP contribution in [0.5, 0.6) is 0 Å². The van der Waals surface area contributed by atoms with Crippen molar-refractivity contribution in [3.63, 3.8) is 0 Å². The van der Waals surface area contributed by atoms with E-state index in [0.29, 0.717) is 12.3 Å². The molecule has 0 bridgehead atoms. The van der Waals surface area contributed by atoms with Crippen molar-refractivity contribution in [2.75, 3.05) is 13.1 Å². The molecule has 0 spiro atoms. The monoisotopic (exact) mass is 300 g/mol. The van der Waals surface area contributed by atoms with Crippen molar-refractivity contribution in [1.82, 2.24) is 20.4 Å². The molecule has 0 saturated carbocycles. The van der Waals surface area contributed by atoms with E-state index < -0.39 is 0 Å². The summed E-state index contributed by atoms with van der Waals surface area (Å²) < 4.78 is 1.76. The molecule has 114 valence electrons. The highest BCUT2D eigenvalue weighted by Gasteiger charge is 2.16. The van der Waals surface area contributed by atoms with Crippen LogP contribution in [-0.2, 0) is 11.8 Å². The van der Waals surface area contributed by atoms with Gasteiger partial charge in [-0.05, 0) is 45.2 Å². The smallest absolute Gasteiger partial charge is 0.220 e. The topological polar surface area (TPSA) is 59.0 Å². The molecule has 0 radical (unpaired) electrons. The van der Waals surface area contributed by atoms with E-state index >= 15 is 0 Å². The lowest BCUT2D eigenvalue weighted by Gasteiger charge is -2.22. The zero-order valence-electron chi connectivity index (χ0n) is 12.3. The Morgan fingerprint density at radius 2 is 2.25 bits per heavy atom. The second kappa shape index (κ2) is 8.27. The number of aryl methyl sites for hydroxylation is 1. The van der Waals surface area contributed by atoms with Gasteiger partial charge >= 0.3 is 0 Å². The number of nitrogens with zero attached hydrogens (tertiary/aromatic N) is 2. The normalized spacial score (nSPS) is 17.3. The molecule has 6 heteroatoms. The number of amides is 1. The molecule has 1 aliphatic heterocycles. The van der Waals surface area contributed by atoms with Crippen LogP contribution in [0.15, 0.2) is 12.4 Å². The third kappa shape index (κ3) is 5.13. The Hall–Kier alpha value is -1.07. The number of carbonyl (C=O) groups is 1. The van der Waals surface area contributed by atoms with Crippen LogP contribution in [0.25, 0.3) is 0 Å². The number of aromatic nitrogens is 2. The summed E-state index contributed by atoms with van der Waals surface area (Å²) in [5.41, 5.74) is 1.05. The fourth-order valence-electron chi connectivity index (χ4n) is 2.57. The fourth-order valence-corrected chi connectivity index (χ4v) is 2.57. The van der Waals surface area contributed by atoms with E-state index in [4.69, 9.17) is 0 Å². The van der Waals surface area contributed by atoms with E-state index in [9.17, 15) is 4.79 Å². The van der Waals surface area contributed by atoms with Gasteiger partial charge < -0.3 is 10.6 Å². The van der Waals surface area contributed by atoms with Crippen LogP contribution in [0, 0.1) is 5.92 Å². The summed E-state index contributed by atoms with van der Waals surface area (Å²) in [5, 5.41) is 10.5. The van der Waals surface area contributed by atoms with Crippen LogP contribution in [-0.4, -0.2) is 28.8 Å². The van der Waals surface area contributed by atoms with E-state index in [-0.39, 0.29) is 24.4 Å². The molecular formula is C14H25ClN4O. The molecule has 1 aromatic rings. The highest BCUT2D eigenvalue weighted by Crippen LogP contribution is 2.18. The number of rotatable bonds is 5. The molecule has 2 rings (SSSR count). The van der Waals surface area contributed by atoms with E-state index in [1.807, 2.05) is 20.2 Å². The summed E-state index contributed by atoms with van der Waals surface area (Å²) >= 11 is 0. The second-order valence-electron chi connectivity index (χ2n) is 5.47. The molecule has 1 aliphatic rings. The minimum absolute atomic E-state index is 0. The van der Waals surface area contributed by atoms with Gasteiger partial charge in [0.25, 0.3) is 0 Å².